The quantitative estimate of drug-likeness (QED) is 0.220. The number of anilines is 1. The van der Waals surface area contributed by atoms with Crippen LogP contribution in [0.15, 0.2) is 140 Å². The van der Waals surface area contributed by atoms with E-state index in [1.54, 1.807) is 0 Å². The van der Waals surface area contributed by atoms with E-state index in [1.807, 2.05) is 6.20 Å². The largest absolute Gasteiger partial charge is 0.370 e. The summed E-state index contributed by atoms with van der Waals surface area (Å²) in [6.07, 6.45) is 10.6. The highest BCUT2D eigenvalue weighted by atomic mass is 15.3. The van der Waals surface area contributed by atoms with Crippen LogP contribution in [0.2, 0.25) is 0 Å². The number of rotatable bonds is 4. The van der Waals surface area contributed by atoms with Gasteiger partial charge in [0, 0.05) is 51.0 Å². The van der Waals surface area contributed by atoms with Crippen molar-refractivity contribution in [1.29, 1.82) is 0 Å². The summed E-state index contributed by atoms with van der Waals surface area (Å²) in [4.78, 5) is 2.29. The van der Waals surface area contributed by atoms with E-state index < -0.39 is 0 Å². The average Bonchev–Trinajstić information content (AvgIpc) is 3.84. The second kappa shape index (κ2) is 9.38. The first-order valence-electron chi connectivity index (χ1n) is 15.1. The normalized spacial score (nSPS) is 14.9. The van der Waals surface area contributed by atoms with Gasteiger partial charge in [-0.05, 0) is 67.6 Å². The lowest BCUT2D eigenvalue weighted by molar-refractivity contribution is -0.670. The first kappa shape index (κ1) is 24.8. The van der Waals surface area contributed by atoms with Gasteiger partial charge in [-0.1, -0.05) is 48.5 Å². The van der Waals surface area contributed by atoms with Crippen LogP contribution in [0.3, 0.4) is 0 Å². The van der Waals surface area contributed by atoms with E-state index in [0.717, 1.165) is 17.1 Å². The molecule has 0 saturated carbocycles. The molecule has 1 N–H and O–H groups in total. The number of fused-ring (bicyclic) bond motifs is 7. The third kappa shape index (κ3) is 3.57. The van der Waals surface area contributed by atoms with Crippen molar-refractivity contribution in [2.75, 3.05) is 4.90 Å². The summed E-state index contributed by atoms with van der Waals surface area (Å²) in [6.45, 7) is 2.18. The molecule has 0 aliphatic carbocycles. The van der Waals surface area contributed by atoms with Gasteiger partial charge in [-0.3, -0.25) is 0 Å². The Bertz CT molecular complexity index is 2390. The number of nitrogens with zero attached hydrogens (tertiary/aromatic N) is 5. The second-order valence-corrected chi connectivity index (χ2v) is 11.7. The van der Waals surface area contributed by atoms with Crippen molar-refractivity contribution in [3.8, 4) is 17.1 Å². The van der Waals surface area contributed by atoms with Crippen LogP contribution >= 0.6 is 0 Å². The monoisotopic (exact) mass is 571 g/mol. The Labute approximate surface area is 254 Å². The summed E-state index contributed by atoms with van der Waals surface area (Å²) in [5.74, 6) is 0. The lowest BCUT2D eigenvalue weighted by Crippen LogP contribution is -2.31. The Morgan fingerprint density at radius 3 is 1.70 bits per heavy atom. The SMILES string of the molecule is CC1NC=CN1c1ccc2c(c1)c1ccc3c4cc(-n5cc[n+](C)c5)ccc4n(-c4ccccc4)c3c1n2-c1ccccc1. The van der Waals surface area contributed by atoms with Gasteiger partial charge in [0.2, 0.25) is 6.33 Å². The molecule has 0 spiro atoms. The standard InChI is InChI=1S/C38H31N6/c1-26-39-19-20-42(26)30-14-18-36-34(24-30)32-16-15-31-33-23-29(41-22-21-40(2)25-41)13-17-35(33)43(27-9-5-3-6-10-27)37(31)38(32)44(36)28-11-7-4-8-12-28/h3-26,39H,1-2H3/q+1. The number of nitrogens with one attached hydrogen (secondary N) is 1. The van der Waals surface area contributed by atoms with E-state index in [0.29, 0.717) is 0 Å². The number of imidazole rings is 1. The van der Waals surface area contributed by atoms with E-state index in [1.165, 1.54) is 49.3 Å². The van der Waals surface area contributed by atoms with E-state index in [-0.39, 0.29) is 6.17 Å². The molecule has 9 rings (SSSR count). The molecule has 0 radical (unpaired) electrons. The molecular weight excluding hydrogens is 540 g/mol. The molecule has 1 unspecified atom stereocenters. The van der Waals surface area contributed by atoms with Crippen molar-refractivity contribution >= 4 is 49.3 Å². The van der Waals surface area contributed by atoms with Gasteiger partial charge in [-0.2, -0.15) is 0 Å². The lowest BCUT2D eigenvalue weighted by atomic mass is 10.1. The molecule has 4 heterocycles. The molecule has 0 saturated heterocycles. The molecule has 0 amide bonds. The predicted octanol–water partition coefficient (Wildman–Crippen LogP) is 7.72. The third-order valence-electron chi connectivity index (χ3n) is 9.00. The molecule has 5 aromatic carbocycles. The Morgan fingerprint density at radius 2 is 1.18 bits per heavy atom. The minimum Gasteiger partial charge on any atom is -0.370 e. The fourth-order valence-electron chi connectivity index (χ4n) is 6.97. The van der Waals surface area contributed by atoms with Crippen LogP contribution in [0, 0.1) is 0 Å². The van der Waals surface area contributed by atoms with Gasteiger partial charge in [-0.15, -0.1) is 0 Å². The Hall–Kier alpha value is -5.75. The van der Waals surface area contributed by atoms with Gasteiger partial charge in [0.1, 0.15) is 18.1 Å². The molecule has 6 nitrogen and oxygen atoms in total. The molecule has 0 fully saturated rings. The number of para-hydroxylation sites is 2. The molecule has 1 atom stereocenters. The maximum absolute atomic E-state index is 3.40. The number of hydrogen-bond donors (Lipinski definition) is 1. The summed E-state index contributed by atoms with van der Waals surface area (Å²) >= 11 is 0. The highest BCUT2D eigenvalue weighted by molar-refractivity contribution is 6.24. The summed E-state index contributed by atoms with van der Waals surface area (Å²) in [6, 6.07) is 39.8. The minimum atomic E-state index is 0.207. The van der Waals surface area contributed by atoms with Gasteiger partial charge < -0.3 is 19.4 Å². The number of benzene rings is 5. The molecule has 3 aromatic heterocycles. The Kier molecular flexibility index (Phi) is 5.29. The fourth-order valence-corrected chi connectivity index (χ4v) is 6.97. The summed E-state index contributed by atoms with van der Waals surface area (Å²) in [5.41, 5.74) is 9.39. The zero-order valence-electron chi connectivity index (χ0n) is 24.6. The van der Waals surface area contributed by atoms with Crippen LogP contribution in [0.5, 0.6) is 0 Å². The fraction of sp³-hybridized carbons (Fsp3) is 0.0789. The Morgan fingerprint density at radius 1 is 0.614 bits per heavy atom. The molecule has 1 aliphatic heterocycles. The highest BCUT2D eigenvalue weighted by Crippen LogP contribution is 2.43. The zero-order chi connectivity index (χ0) is 29.4. The number of aryl methyl sites for hydroxylation is 1. The summed E-state index contributed by atoms with van der Waals surface area (Å²) in [5, 5.41) is 8.33. The molecule has 6 heteroatoms. The minimum absolute atomic E-state index is 0.207. The lowest BCUT2D eigenvalue weighted by Gasteiger charge is -2.22. The van der Waals surface area contributed by atoms with Gasteiger partial charge in [0.05, 0.1) is 35.3 Å². The van der Waals surface area contributed by atoms with Crippen molar-refractivity contribution in [3.05, 3.63) is 140 Å². The zero-order valence-corrected chi connectivity index (χ0v) is 24.6. The molecule has 1 aliphatic rings. The maximum atomic E-state index is 3.40. The van der Waals surface area contributed by atoms with Crippen LogP contribution in [-0.4, -0.2) is 19.9 Å². The smallest absolute Gasteiger partial charge is 0.248 e. The molecule has 44 heavy (non-hydrogen) atoms. The van der Waals surface area contributed by atoms with E-state index in [4.69, 9.17) is 0 Å². The van der Waals surface area contributed by atoms with Crippen molar-refractivity contribution < 1.29 is 4.57 Å². The third-order valence-corrected chi connectivity index (χ3v) is 9.00. The van der Waals surface area contributed by atoms with Gasteiger partial charge in [0.25, 0.3) is 0 Å². The molecule has 8 aromatic rings. The van der Waals surface area contributed by atoms with Crippen LogP contribution in [-0.2, 0) is 7.05 Å². The van der Waals surface area contributed by atoms with Gasteiger partial charge in [0.15, 0.2) is 0 Å². The van der Waals surface area contributed by atoms with Crippen LogP contribution in [0.25, 0.3) is 60.7 Å². The molecule has 0 bridgehead atoms. The Balaban J connectivity index is 1.45. The van der Waals surface area contributed by atoms with Crippen molar-refractivity contribution in [2.24, 2.45) is 7.05 Å². The number of hydrogen-bond acceptors (Lipinski definition) is 2. The summed E-state index contributed by atoms with van der Waals surface area (Å²) < 4.78 is 9.14. The topological polar surface area (TPSA) is 33.9 Å². The van der Waals surface area contributed by atoms with Crippen molar-refractivity contribution in [2.45, 2.75) is 13.1 Å². The predicted molar refractivity (Wildman–Crippen MR) is 180 cm³/mol. The first-order chi connectivity index (χ1) is 21.7. The number of aromatic nitrogens is 4. The van der Waals surface area contributed by atoms with Crippen LogP contribution < -0.4 is 14.8 Å². The average molecular weight is 572 g/mol. The van der Waals surface area contributed by atoms with E-state index in [2.05, 4.69) is 177 Å². The van der Waals surface area contributed by atoms with Crippen molar-refractivity contribution in [3.63, 3.8) is 0 Å². The summed E-state index contributed by atoms with van der Waals surface area (Å²) in [7, 11) is 2.05. The molecular formula is C38H31N6+. The van der Waals surface area contributed by atoms with Gasteiger partial charge >= 0.3 is 0 Å². The molecule has 212 valence electrons. The second-order valence-electron chi connectivity index (χ2n) is 11.7. The van der Waals surface area contributed by atoms with Crippen molar-refractivity contribution in [1.82, 2.24) is 19.0 Å². The maximum Gasteiger partial charge on any atom is 0.248 e. The van der Waals surface area contributed by atoms with E-state index >= 15 is 0 Å². The van der Waals surface area contributed by atoms with Gasteiger partial charge in [-0.25, -0.2) is 9.13 Å². The van der Waals surface area contributed by atoms with Crippen LogP contribution in [0.1, 0.15) is 6.92 Å². The van der Waals surface area contributed by atoms with Crippen LogP contribution in [0.4, 0.5) is 5.69 Å². The first-order valence-corrected chi connectivity index (χ1v) is 15.1. The highest BCUT2D eigenvalue weighted by Gasteiger charge is 2.23. The van der Waals surface area contributed by atoms with E-state index in [9.17, 15) is 0 Å².